The van der Waals surface area contributed by atoms with E-state index in [2.05, 4.69) is 33.1 Å². The molecule has 0 atom stereocenters. The molecule has 2 aromatic heterocycles. The Morgan fingerprint density at radius 2 is 2.19 bits per heavy atom. The highest BCUT2D eigenvalue weighted by atomic mass is 35.5. The molecule has 0 N–H and O–H groups in total. The van der Waals surface area contributed by atoms with Gasteiger partial charge in [0.2, 0.25) is 0 Å². The third-order valence-electron chi connectivity index (χ3n) is 3.40. The summed E-state index contributed by atoms with van der Waals surface area (Å²) in [5, 5.41) is 2.11. The normalized spacial score (nSPS) is 11.1. The molecule has 0 aliphatic rings. The highest BCUT2D eigenvalue weighted by Gasteiger charge is 2.13. The van der Waals surface area contributed by atoms with Crippen molar-refractivity contribution >= 4 is 34.0 Å². The molecular formula is C16H17ClN2OS. The predicted molar refractivity (Wildman–Crippen MR) is 88.5 cm³/mol. The quantitative estimate of drug-likeness (QED) is 0.626. The van der Waals surface area contributed by atoms with Crippen molar-refractivity contribution < 1.29 is 4.74 Å². The lowest BCUT2D eigenvalue weighted by Crippen LogP contribution is -2.04. The molecule has 0 aliphatic heterocycles. The number of hydrogen-bond acceptors (Lipinski definition) is 3. The van der Waals surface area contributed by atoms with Crippen LogP contribution in [0.3, 0.4) is 0 Å². The van der Waals surface area contributed by atoms with Gasteiger partial charge in [0.1, 0.15) is 17.1 Å². The SMILES string of the molecule is CCOc1cccc2c1nc(CCl)n2CCc1cccs1. The standard InChI is InChI=1S/C16H17ClN2OS/c1-2-20-14-7-3-6-13-16(14)18-15(11-17)19(13)9-8-12-5-4-10-21-12/h3-7,10H,2,8-9,11H2,1H3. The van der Waals surface area contributed by atoms with E-state index in [1.165, 1.54) is 4.88 Å². The molecule has 5 heteroatoms. The van der Waals surface area contributed by atoms with E-state index in [0.717, 1.165) is 35.6 Å². The van der Waals surface area contributed by atoms with Gasteiger partial charge in [0.05, 0.1) is 18.0 Å². The molecule has 0 radical (unpaired) electrons. The fourth-order valence-corrected chi connectivity index (χ4v) is 3.37. The minimum atomic E-state index is 0.407. The number of nitrogens with zero attached hydrogens (tertiary/aromatic N) is 2. The smallest absolute Gasteiger partial charge is 0.147 e. The summed E-state index contributed by atoms with van der Waals surface area (Å²) in [6, 6.07) is 10.3. The molecule has 110 valence electrons. The summed E-state index contributed by atoms with van der Waals surface area (Å²) in [5.74, 6) is 2.14. The summed E-state index contributed by atoms with van der Waals surface area (Å²) in [6.45, 7) is 3.50. The van der Waals surface area contributed by atoms with E-state index in [-0.39, 0.29) is 0 Å². The molecule has 0 fully saturated rings. The topological polar surface area (TPSA) is 27.1 Å². The van der Waals surface area contributed by atoms with E-state index in [1.54, 1.807) is 11.3 Å². The van der Waals surface area contributed by atoms with E-state index >= 15 is 0 Å². The van der Waals surface area contributed by atoms with Gasteiger partial charge in [-0.15, -0.1) is 22.9 Å². The largest absolute Gasteiger partial charge is 0.492 e. The number of benzene rings is 1. The molecule has 0 amide bonds. The van der Waals surface area contributed by atoms with Crippen LogP contribution >= 0.6 is 22.9 Å². The maximum absolute atomic E-state index is 6.07. The van der Waals surface area contributed by atoms with Crippen LogP contribution < -0.4 is 4.74 Å². The van der Waals surface area contributed by atoms with Crippen molar-refractivity contribution in [2.45, 2.75) is 25.8 Å². The van der Waals surface area contributed by atoms with E-state index < -0.39 is 0 Å². The Balaban J connectivity index is 1.97. The van der Waals surface area contributed by atoms with Gasteiger partial charge in [0.25, 0.3) is 0 Å². The van der Waals surface area contributed by atoms with Crippen molar-refractivity contribution in [2.24, 2.45) is 0 Å². The number of hydrogen-bond donors (Lipinski definition) is 0. The Bertz CT molecular complexity index is 721. The molecule has 2 heterocycles. The Kier molecular flexibility index (Phi) is 4.46. The third-order valence-corrected chi connectivity index (χ3v) is 4.58. The number of ether oxygens (including phenoxy) is 1. The van der Waals surface area contributed by atoms with Crippen molar-refractivity contribution in [1.29, 1.82) is 0 Å². The predicted octanol–water partition coefficient (Wildman–Crippen LogP) is 4.48. The molecule has 0 saturated heterocycles. The lowest BCUT2D eigenvalue weighted by molar-refractivity contribution is 0.343. The fraction of sp³-hybridized carbons (Fsp3) is 0.312. The van der Waals surface area contributed by atoms with Crippen LogP contribution in [0.2, 0.25) is 0 Å². The Labute approximate surface area is 133 Å². The van der Waals surface area contributed by atoms with Gasteiger partial charge in [-0.2, -0.15) is 0 Å². The van der Waals surface area contributed by atoms with Crippen molar-refractivity contribution in [2.75, 3.05) is 6.61 Å². The summed E-state index contributed by atoms with van der Waals surface area (Å²) < 4.78 is 7.86. The van der Waals surface area contributed by atoms with Crippen LogP contribution in [0.15, 0.2) is 35.7 Å². The first-order chi connectivity index (χ1) is 10.3. The monoisotopic (exact) mass is 320 g/mol. The van der Waals surface area contributed by atoms with Gasteiger partial charge in [0.15, 0.2) is 0 Å². The van der Waals surface area contributed by atoms with Gasteiger partial charge in [0, 0.05) is 11.4 Å². The molecule has 1 aromatic carbocycles. The van der Waals surface area contributed by atoms with Crippen LogP contribution in [0.4, 0.5) is 0 Å². The second-order valence-corrected chi connectivity index (χ2v) is 6.00. The second kappa shape index (κ2) is 6.50. The van der Waals surface area contributed by atoms with E-state index in [1.807, 2.05) is 19.1 Å². The minimum absolute atomic E-state index is 0.407. The number of para-hydroxylation sites is 1. The van der Waals surface area contributed by atoms with Gasteiger partial charge in [-0.05, 0) is 36.9 Å². The molecule has 0 aliphatic carbocycles. The van der Waals surface area contributed by atoms with Crippen LogP contribution in [-0.2, 0) is 18.8 Å². The van der Waals surface area contributed by atoms with Gasteiger partial charge in [-0.25, -0.2) is 4.98 Å². The summed E-state index contributed by atoms with van der Waals surface area (Å²) >= 11 is 7.86. The number of halogens is 1. The summed E-state index contributed by atoms with van der Waals surface area (Å²) in [5.41, 5.74) is 1.99. The Morgan fingerprint density at radius 1 is 1.29 bits per heavy atom. The van der Waals surface area contributed by atoms with Gasteiger partial charge < -0.3 is 9.30 Å². The van der Waals surface area contributed by atoms with Gasteiger partial charge in [-0.1, -0.05) is 12.1 Å². The molecule has 0 unspecified atom stereocenters. The van der Waals surface area contributed by atoms with E-state index in [0.29, 0.717) is 12.5 Å². The maximum atomic E-state index is 6.07. The van der Waals surface area contributed by atoms with Crippen LogP contribution in [-0.4, -0.2) is 16.2 Å². The lowest BCUT2D eigenvalue weighted by atomic mass is 10.3. The number of aryl methyl sites for hydroxylation is 2. The zero-order valence-electron chi connectivity index (χ0n) is 11.9. The van der Waals surface area contributed by atoms with Crippen molar-refractivity contribution in [3.63, 3.8) is 0 Å². The molecule has 21 heavy (non-hydrogen) atoms. The number of rotatable bonds is 6. The van der Waals surface area contributed by atoms with E-state index in [4.69, 9.17) is 16.3 Å². The average Bonchev–Trinajstić information content (AvgIpc) is 3.13. The van der Waals surface area contributed by atoms with Crippen LogP contribution in [0.1, 0.15) is 17.6 Å². The second-order valence-electron chi connectivity index (χ2n) is 4.70. The number of aromatic nitrogens is 2. The maximum Gasteiger partial charge on any atom is 0.147 e. The van der Waals surface area contributed by atoms with Gasteiger partial charge in [-0.3, -0.25) is 0 Å². The Morgan fingerprint density at radius 3 is 2.90 bits per heavy atom. The van der Waals surface area contributed by atoms with Crippen LogP contribution in [0.25, 0.3) is 11.0 Å². The fourth-order valence-electron chi connectivity index (χ4n) is 2.47. The molecule has 3 rings (SSSR count). The molecule has 3 nitrogen and oxygen atoms in total. The van der Waals surface area contributed by atoms with Crippen LogP contribution in [0.5, 0.6) is 5.75 Å². The number of alkyl halides is 1. The zero-order valence-corrected chi connectivity index (χ0v) is 13.5. The first-order valence-corrected chi connectivity index (χ1v) is 8.44. The average molecular weight is 321 g/mol. The number of imidazole rings is 1. The van der Waals surface area contributed by atoms with Gasteiger partial charge >= 0.3 is 0 Å². The Hall–Kier alpha value is -1.52. The minimum Gasteiger partial charge on any atom is -0.492 e. The van der Waals surface area contributed by atoms with Crippen molar-refractivity contribution in [3.8, 4) is 5.75 Å². The first-order valence-electron chi connectivity index (χ1n) is 7.02. The first kappa shape index (κ1) is 14.4. The lowest BCUT2D eigenvalue weighted by Gasteiger charge is -2.07. The summed E-state index contributed by atoms with van der Waals surface area (Å²) in [4.78, 5) is 6.03. The number of fused-ring (bicyclic) bond motifs is 1. The highest BCUT2D eigenvalue weighted by molar-refractivity contribution is 7.09. The summed E-state index contributed by atoms with van der Waals surface area (Å²) in [7, 11) is 0. The molecule has 0 bridgehead atoms. The molecule has 0 saturated carbocycles. The molecule has 3 aromatic rings. The van der Waals surface area contributed by atoms with Crippen molar-refractivity contribution in [3.05, 3.63) is 46.4 Å². The zero-order chi connectivity index (χ0) is 14.7. The third kappa shape index (κ3) is 2.92. The van der Waals surface area contributed by atoms with Crippen molar-refractivity contribution in [1.82, 2.24) is 9.55 Å². The number of thiophene rings is 1. The summed E-state index contributed by atoms with van der Waals surface area (Å²) in [6.07, 6.45) is 0.992. The van der Waals surface area contributed by atoms with Crippen LogP contribution in [0, 0.1) is 0 Å². The molecular weight excluding hydrogens is 304 g/mol. The molecule has 0 spiro atoms. The highest BCUT2D eigenvalue weighted by Crippen LogP contribution is 2.27. The van der Waals surface area contributed by atoms with E-state index in [9.17, 15) is 0 Å².